The summed E-state index contributed by atoms with van der Waals surface area (Å²) >= 11 is 0. The van der Waals surface area contributed by atoms with Crippen molar-refractivity contribution in [1.82, 2.24) is 0 Å². The number of rotatable bonds is 3. The molecule has 4 aliphatic rings. The van der Waals surface area contributed by atoms with Gasteiger partial charge in [0.25, 0.3) is 0 Å². The Kier molecular flexibility index (Phi) is 5.51. The number of nitrogens with zero attached hydrogens (tertiary/aromatic N) is 1. The van der Waals surface area contributed by atoms with Crippen molar-refractivity contribution in [3.63, 3.8) is 0 Å². The van der Waals surface area contributed by atoms with E-state index in [4.69, 9.17) is 0 Å². The molecule has 3 fully saturated rings. The lowest BCUT2D eigenvalue weighted by Crippen LogP contribution is -2.51. The third-order valence-electron chi connectivity index (χ3n) is 9.80. The molecule has 7 atom stereocenters. The first-order valence-electron chi connectivity index (χ1n) is 12.6. The zero-order valence-electron chi connectivity index (χ0n) is 20.0. The average Bonchev–Trinajstić information content (AvgIpc) is 3.06. The molecule has 3 nitrogen and oxygen atoms in total. The number of allylic oxidation sites excluding steroid dienone is 1. The normalized spacial score (nSPS) is 38.7. The highest BCUT2D eigenvalue weighted by atomic mass is 19.1. The van der Waals surface area contributed by atoms with Gasteiger partial charge in [0.05, 0.1) is 11.8 Å². The summed E-state index contributed by atoms with van der Waals surface area (Å²) in [6, 6.07) is 6.08. The van der Waals surface area contributed by atoms with Crippen molar-refractivity contribution in [2.24, 2.45) is 29.1 Å². The van der Waals surface area contributed by atoms with Gasteiger partial charge >= 0.3 is 0 Å². The Balaban J connectivity index is 1.57. The number of aliphatic hydroxyl groups excluding tert-OH is 1. The van der Waals surface area contributed by atoms with E-state index in [1.807, 2.05) is 24.1 Å². The molecule has 0 saturated heterocycles. The summed E-state index contributed by atoms with van der Waals surface area (Å²) in [6.45, 7) is 6.43. The van der Waals surface area contributed by atoms with E-state index < -0.39 is 0 Å². The Hall–Kier alpha value is -1.68. The van der Waals surface area contributed by atoms with Gasteiger partial charge in [-0.2, -0.15) is 0 Å². The molecule has 32 heavy (non-hydrogen) atoms. The molecule has 0 radical (unpaired) electrons. The van der Waals surface area contributed by atoms with Gasteiger partial charge in [0, 0.05) is 19.5 Å². The minimum absolute atomic E-state index is 0.0958. The molecule has 0 heterocycles. The van der Waals surface area contributed by atoms with Crippen LogP contribution in [0.3, 0.4) is 0 Å². The lowest BCUT2D eigenvalue weighted by Gasteiger charge is -2.57. The van der Waals surface area contributed by atoms with Gasteiger partial charge in [-0.15, -0.1) is 0 Å². The van der Waals surface area contributed by atoms with Gasteiger partial charge in [0.15, 0.2) is 5.78 Å². The Morgan fingerprint density at radius 1 is 1.12 bits per heavy atom. The Bertz CT molecular complexity index is 939. The molecule has 1 N–H and O–H groups in total. The fourth-order valence-electron chi connectivity index (χ4n) is 7.94. The van der Waals surface area contributed by atoms with Gasteiger partial charge in [-0.05, 0) is 111 Å². The van der Waals surface area contributed by atoms with E-state index >= 15 is 4.39 Å². The zero-order valence-corrected chi connectivity index (χ0v) is 20.0. The van der Waals surface area contributed by atoms with Crippen molar-refractivity contribution in [2.45, 2.75) is 83.8 Å². The number of ketones is 1. The molecule has 174 valence electrons. The zero-order chi connectivity index (χ0) is 22.8. The number of hydrogen-bond donors (Lipinski definition) is 1. The average molecular weight is 440 g/mol. The van der Waals surface area contributed by atoms with Crippen LogP contribution >= 0.6 is 0 Å². The topological polar surface area (TPSA) is 40.5 Å². The molecule has 0 aromatic heterocycles. The number of benzene rings is 1. The SMILES string of the molecule is CC(C)N(C)c1ccc(C2CC3(C)C(O)CCC3C3CCC4=CC(=O)CCC4C23)cc1F. The lowest BCUT2D eigenvalue weighted by atomic mass is 9.48. The van der Waals surface area contributed by atoms with E-state index in [9.17, 15) is 9.90 Å². The maximum Gasteiger partial charge on any atom is 0.155 e. The molecular weight excluding hydrogens is 401 g/mol. The van der Waals surface area contributed by atoms with Gasteiger partial charge in [-0.25, -0.2) is 4.39 Å². The maximum absolute atomic E-state index is 15.3. The summed E-state index contributed by atoms with van der Waals surface area (Å²) in [5.41, 5.74) is 2.97. The molecule has 0 aliphatic heterocycles. The van der Waals surface area contributed by atoms with E-state index in [2.05, 4.69) is 26.8 Å². The third kappa shape index (κ3) is 3.36. The van der Waals surface area contributed by atoms with E-state index in [1.54, 1.807) is 6.07 Å². The quantitative estimate of drug-likeness (QED) is 0.641. The maximum atomic E-state index is 15.3. The molecule has 1 aromatic carbocycles. The Morgan fingerprint density at radius 2 is 1.91 bits per heavy atom. The fraction of sp³-hybridized carbons (Fsp3) is 0.679. The highest BCUT2D eigenvalue weighted by Gasteiger charge is 2.59. The van der Waals surface area contributed by atoms with Crippen molar-refractivity contribution in [3.05, 3.63) is 41.2 Å². The van der Waals surface area contributed by atoms with Crippen LogP contribution in [0.2, 0.25) is 0 Å². The third-order valence-corrected chi connectivity index (χ3v) is 9.80. The second-order valence-electron chi connectivity index (χ2n) is 11.5. The van der Waals surface area contributed by atoms with Crippen LogP contribution in [0.4, 0.5) is 10.1 Å². The van der Waals surface area contributed by atoms with Gasteiger partial charge in [-0.3, -0.25) is 4.79 Å². The monoisotopic (exact) mass is 439 g/mol. The summed E-state index contributed by atoms with van der Waals surface area (Å²) in [4.78, 5) is 14.1. The summed E-state index contributed by atoms with van der Waals surface area (Å²) in [6.07, 6.45) is 8.25. The predicted molar refractivity (Wildman–Crippen MR) is 126 cm³/mol. The number of anilines is 1. The van der Waals surface area contributed by atoms with E-state index in [0.717, 1.165) is 44.1 Å². The molecule has 3 saturated carbocycles. The first kappa shape index (κ1) is 22.1. The van der Waals surface area contributed by atoms with Crippen LogP contribution in [0.5, 0.6) is 0 Å². The summed E-state index contributed by atoms with van der Waals surface area (Å²) in [5, 5.41) is 11.0. The van der Waals surface area contributed by atoms with Gasteiger partial charge < -0.3 is 10.0 Å². The van der Waals surface area contributed by atoms with E-state index in [-0.39, 0.29) is 35.1 Å². The molecule has 4 aliphatic carbocycles. The number of halogens is 1. The summed E-state index contributed by atoms with van der Waals surface area (Å²) < 4.78 is 15.3. The van der Waals surface area contributed by atoms with Crippen LogP contribution in [-0.2, 0) is 4.79 Å². The highest BCUT2D eigenvalue weighted by Crippen LogP contribution is 2.65. The van der Waals surface area contributed by atoms with Gasteiger partial charge in [0.2, 0.25) is 0 Å². The van der Waals surface area contributed by atoms with E-state index in [0.29, 0.717) is 35.8 Å². The van der Waals surface area contributed by atoms with Crippen molar-refractivity contribution in [2.75, 3.05) is 11.9 Å². The van der Waals surface area contributed by atoms with Crippen LogP contribution in [0.25, 0.3) is 0 Å². The fourth-order valence-corrected chi connectivity index (χ4v) is 7.94. The first-order chi connectivity index (χ1) is 15.2. The minimum Gasteiger partial charge on any atom is -0.393 e. The summed E-state index contributed by atoms with van der Waals surface area (Å²) in [7, 11) is 1.94. The Morgan fingerprint density at radius 3 is 2.62 bits per heavy atom. The number of fused-ring (bicyclic) bond motifs is 5. The van der Waals surface area contributed by atoms with Crippen LogP contribution in [0.15, 0.2) is 29.8 Å². The molecule has 5 rings (SSSR count). The van der Waals surface area contributed by atoms with Crippen molar-refractivity contribution < 1.29 is 14.3 Å². The second-order valence-corrected chi connectivity index (χ2v) is 11.5. The minimum atomic E-state index is -0.267. The largest absolute Gasteiger partial charge is 0.393 e. The van der Waals surface area contributed by atoms with Crippen molar-refractivity contribution in [1.29, 1.82) is 0 Å². The molecule has 7 unspecified atom stereocenters. The molecule has 0 amide bonds. The second kappa shape index (κ2) is 7.97. The number of carbonyl (C=O) groups excluding carboxylic acids is 1. The number of hydrogen-bond acceptors (Lipinski definition) is 3. The van der Waals surface area contributed by atoms with Crippen LogP contribution in [0, 0.1) is 34.9 Å². The van der Waals surface area contributed by atoms with Crippen LogP contribution in [-0.4, -0.2) is 30.1 Å². The van der Waals surface area contributed by atoms with E-state index in [1.165, 1.54) is 5.57 Å². The van der Waals surface area contributed by atoms with Gasteiger partial charge in [-0.1, -0.05) is 18.6 Å². The van der Waals surface area contributed by atoms with Crippen LogP contribution in [0.1, 0.15) is 77.2 Å². The highest BCUT2D eigenvalue weighted by molar-refractivity contribution is 5.91. The Labute approximate surface area is 192 Å². The van der Waals surface area contributed by atoms with Crippen molar-refractivity contribution >= 4 is 11.5 Å². The molecule has 4 heteroatoms. The lowest BCUT2D eigenvalue weighted by molar-refractivity contribution is -0.116. The van der Waals surface area contributed by atoms with Crippen LogP contribution < -0.4 is 4.90 Å². The smallest absolute Gasteiger partial charge is 0.155 e. The molecule has 1 aromatic rings. The van der Waals surface area contributed by atoms with Gasteiger partial charge in [0.1, 0.15) is 5.82 Å². The molecular formula is C28H38FNO2. The standard InChI is InChI=1S/C28H38FNO2/c1-16(2)30(4)25-11-6-18(14-24(25)29)22-15-28(3)23(10-12-26(28)32)21-8-5-17-13-19(31)7-9-20(17)27(21)22/h6,11,13-14,16,20-23,26-27,32H,5,7-10,12,15H2,1-4H3. The summed E-state index contributed by atoms with van der Waals surface area (Å²) in [5.74, 6) is 2.31. The predicted octanol–water partition coefficient (Wildman–Crippen LogP) is 5.87. The molecule has 0 bridgehead atoms. The first-order valence-corrected chi connectivity index (χ1v) is 12.6. The molecule has 0 spiro atoms. The van der Waals surface area contributed by atoms with Crippen molar-refractivity contribution in [3.8, 4) is 0 Å². The number of aliphatic hydroxyl groups is 1. The number of carbonyl (C=O) groups is 1.